The molecule has 8 aromatic carbocycles. The summed E-state index contributed by atoms with van der Waals surface area (Å²) >= 11 is 0. The smallest absolute Gasteiger partial charge is 0.329 e. The van der Waals surface area contributed by atoms with E-state index in [4.69, 9.17) is 0 Å². The van der Waals surface area contributed by atoms with Crippen LogP contribution >= 0.6 is 0 Å². The Morgan fingerprint density at radius 2 is 0.904 bits per heavy atom. The van der Waals surface area contributed by atoms with E-state index < -0.39 is 0 Å². The van der Waals surface area contributed by atoms with E-state index in [9.17, 15) is 0 Å². The molecule has 12 rings (SSSR count). The van der Waals surface area contributed by atoms with E-state index in [-0.39, 0.29) is 6.85 Å². The van der Waals surface area contributed by atoms with E-state index in [1.54, 1.807) is 0 Å². The van der Waals surface area contributed by atoms with Crippen molar-refractivity contribution in [2.75, 3.05) is 4.81 Å². The van der Waals surface area contributed by atoms with Gasteiger partial charge in [0.1, 0.15) is 0 Å². The van der Waals surface area contributed by atoms with Crippen molar-refractivity contribution in [1.82, 2.24) is 9.13 Å². The highest BCUT2D eigenvalue weighted by Crippen LogP contribution is 2.51. The molecule has 0 unspecified atom stereocenters. The molecule has 2 aliphatic heterocycles. The molecule has 2 aromatic heterocycles. The van der Waals surface area contributed by atoms with Gasteiger partial charge in [0.25, 0.3) is 0 Å². The van der Waals surface area contributed by atoms with Crippen LogP contribution < -0.4 is 15.7 Å². The molecule has 0 spiro atoms. The van der Waals surface area contributed by atoms with Crippen LogP contribution in [0.25, 0.3) is 77.2 Å². The van der Waals surface area contributed by atoms with Crippen LogP contribution in [0.4, 0.5) is 11.4 Å². The Labute approximate surface area is 301 Å². The molecule has 0 amide bonds. The number of rotatable bonds is 2. The van der Waals surface area contributed by atoms with Gasteiger partial charge in [0.2, 0.25) is 0 Å². The highest BCUT2D eigenvalue weighted by Gasteiger charge is 2.42. The number of para-hydroxylation sites is 4. The molecule has 0 fully saturated rings. The fourth-order valence-corrected chi connectivity index (χ4v) is 9.45. The standard InChI is InChI=1S/C48H30BN3/c1-3-15-31(16-4-1)50-41-25-13-9-21-35(41)37-29-46-38(30-45(37)50)48-43(51(46)32-17-5-2-6-18-32)27-28-44-47(48)36-22-8-12-24-40(36)49-39-23-11-7-19-33(39)34-20-10-14-26-42(34)52(44)49/h1-30H. The largest absolute Gasteiger partial charge is 0.376 e. The molecule has 4 heteroatoms. The Kier molecular flexibility index (Phi) is 5.58. The van der Waals surface area contributed by atoms with E-state index in [0.717, 1.165) is 5.69 Å². The summed E-state index contributed by atoms with van der Waals surface area (Å²) in [4.78, 5) is 2.61. The molecule has 0 saturated carbocycles. The summed E-state index contributed by atoms with van der Waals surface area (Å²) in [6, 6.07) is 67.2. The molecular weight excluding hydrogens is 629 g/mol. The minimum absolute atomic E-state index is 0.0713. The monoisotopic (exact) mass is 659 g/mol. The summed E-state index contributed by atoms with van der Waals surface area (Å²) in [6.07, 6.45) is 0. The SMILES string of the molecule is c1ccc(-n2c3ccccc3c3cc4c(cc32)c2c3c(ccc2n4-c2ccccc2)N2B(c4ccccc4-c4ccccc42)c2ccccc2-3)cc1. The van der Waals surface area contributed by atoms with Gasteiger partial charge in [0, 0.05) is 55.4 Å². The molecule has 2 aliphatic rings. The van der Waals surface area contributed by atoms with E-state index in [0.29, 0.717) is 0 Å². The van der Waals surface area contributed by atoms with Gasteiger partial charge in [-0.1, -0.05) is 121 Å². The van der Waals surface area contributed by atoms with Crippen LogP contribution in [0.15, 0.2) is 182 Å². The van der Waals surface area contributed by atoms with Gasteiger partial charge in [0.05, 0.1) is 22.1 Å². The first kappa shape index (κ1) is 28.0. The Morgan fingerprint density at radius 3 is 1.67 bits per heavy atom. The maximum Gasteiger partial charge on any atom is 0.329 e. The topological polar surface area (TPSA) is 13.1 Å². The molecule has 0 N–H and O–H groups in total. The zero-order chi connectivity index (χ0) is 33.9. The van der Waals surface area contributed by atoms with Gasteiger partial charge >= 0.3 is 6.85 Å². The van der Waals surface area contributed by atoms with E-state index >= 15 is 0 Å². The maximum atomic E-state index is 2.61. The quantitative estimate of drug-likeness (QED) is 0.168. The third kappa shape index (κ3) is 3.60. The van der Waals surface area contributed by atoms with Crippen molar-refractivity contribution in [1.29, 1.82) is 0 Å². The number of nitrogens with zero attached hydrogens (tertiary/aromatic N) is 3. The normalized spacial score (nSPS) is 12.9. The molecule has 0 saturated heterocycles. The lowest BCUT2D eigenvalue weighted by Crippen LogP contribution is -2.59. The highest BCUT2D eigenvalue weighted by molar-refractivity contribution is 6.92. The molecule has 0 atom stereocenters. The van der Waals surface area contributed by atoms with Crippen LogP contribution in [-0.4, -0.2) is 16.0 Å². The Morgan fingerprint density at radius 1 is 0.346 bits per heavy atom. The first-order chi connectivity index (χ1) is 25.8. The van der Waals surface area contributed by atoms with Gasteiger partial charge in [-0.15, -0.1) is 0 Å². The molecular formula is C48H30BN3. The average molecular weight is 660 g/mol. The van der Waals surface area contributed by atoms with Gasteiger partial charge in [-0.05, 0) is 82.7 Å². The van der Waals surface area contributed by atoms with Crippen LogP contribution in [0.5, 0.6) is 0 Å². The summed E-state index contributed by atoms with van der Waals surface area (Å²) in [6.45, 7) is 0.0713. The van der Waals surface area contributed by atoms with Crippen LogP contribution in [0, 0.1) is 0 Å². The van der Waals surface area contributed by atoms with Gasteiger partial charge in [-0.2, -0.15) is 0 Å². The highest BCUT2D eigenvalue weighted by atomic mass is 15.1. The van der Waals surface area contributed by atoms with Gasteiger partial charge in [-0.25, -0.2) is 0 Å². The number of fused-ring (bicyclic) bond motifs is 18. The lowest BCUT2D eigenvalue weighted by Gasteiger charge is -2.43. The summed E-state index contributed by atoms with van der Waals surface area (Å²) in [7, 11) is 0. The van der Waals surface area contributed by atoms with Gasteiger partial charge < -0.3 is 13.9 Å². The van der Waals surface area contributed by atoms with E-state index in [2.05, 4.69) is 196 Å². The average Bonchev–Trinajstić information content (AvgIpc) is 3.72. The maximum absolute atomic E-state index is 2.61. The second-order valence-electron chi connectivity index (χ2n) is 14.1. The van der Waals surface area contributed by atoms with Crippen molar-refractivity contribution >= 4 is 72.8 Å². The molecule has 52 heavy (non-hydrogen) atoms. The summed E-state index contributed by atoms with van der Waals surface area (Å²) in [5.41, 5.74) is 17.5. The van der Waals surface area contributed by atoms with E-state index in [1.165, 1.54) is 93.9 Å². The molecule has 0 bridgehead atoms. The summed E-state index contributed by atoms with van der Waals surface area (Å²) in [5, 5.41) is 5.04. The van der Waals surface area contributed by atoms with Crippen LogP contribution in [-0.2, 0) is 0 Å². The molecule has 0 radical (unpaired) electrons. The van der Waals surface area contributed by atoms with Crippen LogP contribution in [0.2, 0.25) is 0 Å². The van der Waals surface area contributed by atoms with Gasteiger partial charge in [-0.3, -0.25) is 0 Å². The molecule has 0 aliphatic carbocycles. The minimum atomic E-state index is 0.0713. The zero-order valence-corrected chi connectivity index (χ0v) is 28.2. The van der Waals surface area contributed by atoms with Crippen LogP contribution in [0.3, 0.4) is 0 Å². The van der Waals surface area contributed by atoms with Crippen molar-refractivity contribution in [3.63, 3.8) is 0 Å². The number of hydrogen-bond acceptors (Lipinski definition) is 1. The van der Waals surface area contributed by atoms with Crippen LogP contribution in [0.1, 0.15) is 0 Å². The van der Waals surface area contributed by atoms with Crippen molar-refractivity contribution in [2.24, 2.45) is 0 Å². The lowest BCUT2D eigenvalue weighted by atomic mass is 9.43. The zero-order valence-electron chi connectivity index (χ0n) is 28.2. The van der Waals surface area contributed by atoms with Crippen molar-refractivity contribution in [2.45, 2.75) is 0 Å². The Bertz CT molecular complexity index is 3080. The number of benzene rings is 8. The number of anilines is 2. The predicted octanol–water partition coefficient (Wildman–Crippen LogP) is 10.8. The second kappa shape index (κ2) is 10.4. The first-order valence-corrected chi connectivity index (χ1v) is 18.1. The van der Waals surface area contributed by atoms with E-state index in [1.807, 2.05) is 0 Å². The Hall–Kier alpha value is -6.78. The third-order valence-corrected chi connectivity index (χ3v) is 11.5. The number of aromatic nitrogens is 2. The minimum Gasteiger partial charge on any atom is -0.376 e. The summed E-state index contributed by atoms with van der Waals surface area (Å²) < 4.78 is 4.92. The Balaban J connectivity index is 1.27. The molecule has 3 nitrogen and oxygen atoms in total. The van der Waals surface area contributed by atoms with Crippen molar-refractivity contribution in [3.8, 4) is 33.6 Å². The molecule has 4 heterocycles. The molecule has 240 valence electrons. The predicted molar refractivity (Wildman–Crippen MR) is 220 cm³/mol. The number of hydrogen-bond donors (Lipinski definition) is 0. The van der Waals surface area contributed by atoms with Crippen molar-refractivity contribution < 1.29 is 0 Å². The third-order valence-electron chi connectivity index (χ3n) is 11.5. The lowest BCUT2D eigenvalue weighted by molar-refractivity contribution is 1.17. The van der Waals surface area contributed by atoms with Gasteiger partial charge in [0.15, 0.2) is 0 Å². The summed E-state index contributed by atoms with van der Waals surface area (Å²) in [5.74, 6) is 0. The molecule has 10 aromatic rings. The second-order valence-corrected chi connectivity index (χ2v) is 14.1. The van der Waals surface area contributed by atoms with Crippen molar-refractivity contribution in [3.05, 3.63) is 182 Å². The fourth-order valence-electron chi connectivity index (χ4n) is 9.45. The first-order valence-electron chi connectivity index (χ1n) is 18.1. The fraction of sp³-hybridized carbons (Fsp3) is 0.